The average molecular weight is 282 g/mol. The van der Waals surface area contributed by atoms with Gasteiger partial charge in [0.1, 0.15) is 6.07 Å². The Morgan fingerprint density at radius 1 is 1.38 bits per heavy atom. The lowest BCUT2D eigenvalue weighted by atomic mass is 9.96. The van der Waals surface area contributed by atoms with Gasteiger partial charge < -0.3 is 10.1 Å². The number of fused-ring (bicyclic) bond motifs is 1. The number of rotatable bonds is 3. The maximum Gasteiger partial charge on any atom is 0.220 e. The Bertz CT molecular complexity index is 705. The molecule has 3 rings (SSSR count). The number of likely N-dealkylation sites (tertiary alicyclic amines) is 1. The molecule has 0 aromatic carbocycles. The van der Waals surface area contributed by atoms with Gasteiger partial charge in [0.05, 0.1) is 11.1 Å². The molecule has 0 saturated carbocycles. The summed E-state index contributed by atoms with van der Waals surface area (Å²) >= 11 is 0. The van der Waals surface area contributed by atoms with Gasteiger partial charge in [-0.2, -0.15) is 5.26 Å². The van der Waals surface area contributed by atoms with Gasteiger partial charge in [0.25, 0.3) is 0 Å². The topological polar surface area (TPSA) is 74.5 Å². The van der Waals surface area contributed by atoms with Crippen LogP contribution in [0.2, 0.25) is 0 Å². The smallest absolute Gasteiger partial charge is 0.220 e. The minimum atomic E-state index is -0.193. The molecule has 2 aromatic rings. The molecule has 0 bridgehead atoms. The van der Waals surface area contributed by atoms with E-state index in [9.17, 15) is 10.1 Å². The summed E-state index contributed by atoms with van der Waals surface area (Å²) in [6, 6.07) is 8.17. The number of hydrogen-bond acceptors (Lipinski definition) is 3. The molecule has 1 saturated heterocycles. The van der Waals surface area contributed by atoms with Gasteiger partial charge in [0.15, 0.2) is 0 Å². The zero-order valence-corrected chi connectivity index (χ0v) is 11.8. The van der Waals surface area contributed by atoms with Gasteiger partial charge in [0.2, 0.25) is 5.91 Å². The number of nitrogens with two attached hydrogens (primary N) is 1. The standard InChI is InChI=1S/C16H18N4O/c17-9-14-13(11-20-6-2-1-3-15(14)20)10-19-7-4-12(5-8-19)16(18)21/h1-3,6,11-12H,4-5,7-8,10H2,(H2,18,21). The van der Waals surface area contributed by atoms with Crippen LogP contribution in [-0.2, 0) is 11.3 Å². The molecule has 0 atom stereocenters. The fourth-order valence-corrected chi connectivity index (χ4v) is 3.04. The molecule has 0 spiro atoms. The Balaban J connectivity index is 1.77. The van der Waals surface area contributed by atoms with E-state index in [-0.39, 0.29) is 11.8 Å². The summed E-state index contributed by atoms with van der Waals surface area (Å²) < 4.78 is 1.99. The molecular formula is C16H18N4O. The van der Waals surface area contributed by atoms with Gasteiger partial charge in [0, 0.05) is 30.4 Å². The number of carbonyl (C=O) groups excluding carboxylic acids is 1. The number of pyridine rings is 1. The van der Waals surface area contributed by atoms with Crippen LogP contribution in [0, 0.1) is 17.2 Å². The first kappa shape index (κ1) is 13.7. The number of piperidine rings is 1. The summed E-state index contributed by atoms with van der Waals surface area (Å²) in [5, 5.41) is 9.41. The third kappa shape index (κ3) is 2.63. The fourth-order valence-electron chi connectivity index (χ4n) is 3.04. The maximum absolute atomic E-state index is 11.2. The molecule has 1 aliphatic rings. The van der Waals surface area contributed by atoms with Crippen molar-refractivity contribution >= 4 is 11.4 Å². The van der Waals surface area contributed by atoms with E-state index in [0.717, 1.165) is 49.1 Å². The SMILES string of the molecule is N#Cc1c(CN2CCC(C(N)=O)CC2)cn2ccccc12. The van der Waals surface area contributed by atoms with Crippen LogP contribution in [-0.4, -0.2) is 28.3 Å². The molecule has 1 fully saturated rings. The third-order valence-electron chi connectivity index (χ3n) is 4.26. The predicted octanol–water partition coefficient (Wildman–Crippen LogP) is 1.51. The van der Waals surface area contributed by atoms with Gasteiger partial charge in [-0.05, 0) is 38.1 Å². The summed E-state index contributed by atoms with van der Waals surface area (Å²) in [6.45, 7) is 2.45. The highest BCUT2D eigenvalue weighted by atomic mass is 16.1. The summed E-state index contributed by atoms with van der Waals surface area (Å²) in [4.78, 5) is 13.5. The van der Waals surface area contributed by atoms with E-state index in [1.54, 1.807) is 0 Å². The Kier molecular flexibility index (Phi) is 3.63. The number of carbonyl (C=O) groups is 1. The van der Waals surface area contributed by atoms with Crippen LogP contribution in [0.5, 0.6) is 0 Å². The van der Waals surface area contributed by atoms with Gasteiger partial charge in [-0.15, -0.1) is 0 Å². The van der Waals surface area contributed by atoms with Crippen molar-refractivity contribution in [1.29, 1.82) is 5.26 Å². The molecule has 2 N–H and O–H groups in total. The summed E-state index contributed by atoms with van der Waals surface area (Å²) in [5.74, 6) is -0.188. The number of hydrogen-bond donors (Lipinski definition) is 1. The lowest BCUT2D eigenvalue weighted by Gasteiger charge is -2.30. The Hall–Kier alpha value is -2.32. The molecule has 2 aromatic heterocycles. The van der Waals surface area contributed by atoms with Crippen LogP contribution in [0.1, 0.15) is 24.0 Å². The van der Waals surface area contributed by atoms with E-state index in [1.807, 2.05) is 35.0 Å². The van der Waals surface area contributed by atoms with Crippen molar-refractivity contribution in [3.63, 3.8) is 0 Å². The van der Waals surface area contributed by atoms with E-state index in [0.29, 0.717) is 0 Å². The van der Waals surface area contributed by atoms with E-state index in [1.165, 1.54) is 0 Å². The van der Waals surface area contributed by atoms with E-state index in [4.69, 9.17) is 5.73 Å². The molecule has 108 valence electrons. The molecule has 0 radical (unpaired) electrons. The van der Waals surface area contributed by atoms with Crippen molar-refractivity contribution < 1.29 is 4.79 Å². The molecule has 5 heteroatoms. The van der Waals surface area contributed by atoms with Gasteiger partial charge in [-0.1, -0.05) is 6.07 Å². The second-order valence-corrected chi connectivity index (χ2v) is 5.59. The summed E-state index contributed by atoms with van der Waals surface area (Å²) in [6.07, 6.45) is 5.60. The largest absolute Gasteiger partial charge is 0.369 e. The lowest BCUT2D eigenvalue weighted by Crippen LogP contribution is -2.38. The molecule has 1 amide bonds. The maximum atomic E-state index is 11.2. The van der Waals surface area contributed by atoms with Crippen molar-refractivity contribution in [1.82, 2.24) is 9.30 Å². The number of amides is 1. The highest BCUT2D eigenvalue weighted by Gasteiger charge is 2.24. The van der Waals surface area contributed by atoms with E-state index >= 15 is 0 Å². The number of nitrogens with zero attached hydrogens (tertiary/aromatic N) is 3. The van der Waals surface area contributed by atoms with Crippen LogP contribution in [0.15, 0.2) is 30.6 Å². The molecule has 0 unspecified atom stereocenters. The Labute approximate surface area is 123 Å². The first-order valence-corrected chi connectivity index (χ1v) is 7.19. The van der Waals surface area contributed by atoms with E-state index < -0.39 is 0 Å². The molecule has 3 heterocycles. The number of aromatic nitrogens is 1. The van der Waals surface area contributed by atoms with Gasteiger partial charge >= 0.3 is 0 Å². The minimum Gasteiger partial charge on any atom is -0.369 e. The van der Waals surface area contributed by atoms with Crippen molar-refractivity contribution in [2.75, 3.05) is 13.1 Å². The lowest BCUT2D eigenvalue weighted by molar-refractivity contribution is -0.123. The molecule has 5 nitrogen and oxygen atoms in total. The van der Waals surface area contributed by atoms with Crippen molar-refractivity contribution in [2.24, 2.45) is 11.7 Å². The highest BCUT2D eigenvalue weighted by molar-refractivity contribution is 5.76. The van der Waals surface area contributed by atoms with Crippen molar-refractivity contribution in [3.8, 4) is 6.07 Å². The van der Waals surface area contributed by atoms with Crippen LogP contribution in [0.3, 0.4) is 0 Å². The first-order valence-electron chi connectivity index (χ1n) is 7.19. The quantitative estimate of drug-likeness (QED) is 0.927. The van der Waals surface area contributed by atoms with Crippen molar-refractivity contribution in [3.05, 3.63) is 41.7 Å². The summed E-state index contributed by atoms with van der Waals surface area (Å²) in [5.41, 5.74) is 8.09. The number of primary amides is 1. The summed E-state index contributed by atoms with van der Waals surface area (Å²) in [7, 11) is 0. The third-order valence-corrected chi connectivity index (χ3v) is 4.26. The van der Waals surface area contributed by atoms with Crippen LogP contribution in [0.25, 0.3) is 5.52 Å². The molecular weight excluding hydrogens is 264 g/mol. The van der Waals surface area contributed by atoms with Crippen LogP contribution >= 0.6 is 0 Å². The van der Waals surface area contributed by atoms with Crippen molar-refractivity contribution in [2.45, 2.75) is 19.4 Å². The second-order valence-electron chi connectivity index (χ2n) is 5.59. The van der Waals surface area contributed by atoms with Crippen LogP contribution in [0.4, 0.5) is 0 Å². The van der Waals surface area contributed by atoms with E-state index in [2.05, 4.69) is 11.0 Å². The second kappa shape index (κ2) is 5.58. The fraction of sp³-hybridized carbons (Fsp3) is 0.375. The molecule has 1 aliphatic heterocycles. The Morgan fingerprint density at radius 2 is 2.14 bits per heavy atom. The highest BCUT2D eigenvalue weighted by Crippen LogP contribution is 2.23. The minimum absolute atomic E-state index is 0.00444. The number of nitriles is 1. The normalized spacial score (nSPS) is 16.9. The first-order chi connectivity index (χ1) is 10.2. The Morgan fingerprint density at radius 3 is 2.81 bits per heavy atom. The average Bonchev–Trinajstić information content (AvgIpc) is 2.84. The molecule has 21 heavy (non-hydrogen) atoms. The zero-order valence-electron chi connectivity index (χ0n) is 11.8. The zero-order chi connectivity index (χ0) is 14.8. The van der Waals surface area contributed by atoms with Crippen LogP contribution < -0.4 is 5.73 Å². The predicted molar refractivity (Wildman–Crippen MR) is 79.3 cm³/mol. The monoisotopic (exact) mass is 282 g/mol. The van der Waals surface area contributed by atoms with Gasteiger partial charge in [-0.3, -0.25) is 9.69 Å². The molecule has 0 aliphatic carbocycles. The van der Waals surface area contributed by atoms with Gasteiger partial charge in [-0.25, -0.2) is 0 Å².